The van der Waals surface area contributed by atoms with Gasteiger partial charge in [-0.1, -0.05) is 23.7 Å². The second-order valence-electron chi connectivity index (χ2n) is 6.60. The molecule has 140 valence electrons. The van der Waals surface area contributed by atoms with Crippen LogP contribution in [0.15, 0.2) is 36.4 Å². The number of carbonyl (C=O) groups excluding carboxylic acids is 2. The summed E-state index contributed by atoms with van der Waals surface area (Å²) in [5.74, 6) is -0.235. The third-order valence-electron chi connectivity index (χ3n) is 4.64. The molecule has 1 aromatic heterocycles. The standard InChI is InChI=1S/C20H19ClN2O3S/c21-14-4-1-13(2-5-14)3-8-19(25)18-9-15(24)12-23(18)20(26)10-16-6-7-17(11-22)27-16/h1-2,4-7,15,18,24H,3,8-10,12H2/t15-,18+/m1/s1. The van der Waals surface area contributed by atoms with Gasteiger partial charge in [-0.05, 0) is 36.2 Å². The molecule has 1 saturated heterocycles. The molecule has 2 heterocycles. The Labute approximate surface area is 166 Å². The number of hydrogen-bond acceptors (Lipinski definition) is 5. The first-order valence-corrected chi connectivity index (χ1v) is 9.89. The molecular weight excluding hydrogens is 384 g/mol. The fraction of sp³-hybridized carbons (Fsp3) is 0.350. The Kier molecular flexibility index (Phi) is 6.27. The number of nitriles is 1. The van der Waals surface area contributed by atoms with E-state index in [0.29, 0.717) is 22.7 Å². The number of Topliss-reactive ketones (excluding diaryl/α,β-unsaturated/α-hetero) is 1. The molecule has 3 rings (SSSR count). The number of aliphatic hydroxyl groups excluding tert-OH is 1. The number of β-amino-alcohol motifs (C(OH)–C–C–N with tert-alkyl or cyclic N) is 1. The van der Waals surface area contributed by atoms with Crippen LogP contribution in [-0.4, -0.2) is 40.4 Å². The van der Waals surface area contributed by atoms with Crippen LogP contribution in [0.3, 0.4) is 0 Å². The highest BCUT2D eigenvalue weighted by molar-refractivity contribution is 7.12. The van der Waals surface area contributed by atoms with Crippen molar-refractivity contribution in [3.05, 3.63) is 56.7 Å². The van der Waals surface area contributed by atoms with Crippen molar-refractivity contribution < 1.29 is 14.7 Å². The summed E-state index contributed by atoms with van der Waals surface area (Å²) in [5, 5.41) is 19.5. The molecule has 5 nitrogen and oxygen atoms in total. The predicted octanol–water partition coefficient (Wildman–Crippen LogP) is 2.98. The molecule has 1 aromatic carbocycles. The molecule has 1 aliphatic rings. The van der Waals surface area contributed by atoms with Gasteiger partial charge in [0.25, 0.3) is 0 Å². The molecule has 1 fully saturated rings. The maximum Gasteiger partial charge on any atom is 0.228 e. The van der Waals surface area contributed by atoms with Crippen LogP contribution in [-0.2, 0) is 22.4 Å². The van der Waals surface area contributed by atoms with Gasteiger partial charge in [-0.2, -0.15) is 5.26 Å². The molecule has 0 aliphatic carbocycles. The van der Waals surface area contributed by atoms with Gasteiger partial charge in [-0.15, -0.1) is 11.3 Å². The van der Waals surface area contributed by atoms with Crippen LogP contribution < -0.4 is 0 Å². The van der Waals surface area contributed by atoms with Crippen LogP contribution >= 0.6 is 22.9 Å². The van der Waals surface area contributed by atoms with Gasteiger partial charge in [0.2, 0.25) is 5.91 Å². The number of amides is 1. The molecule has 27 heavy (non-hydrogen) atoms. The highest BCUT2D eigenvalue weighted by Gasteiger charge is 2.38. The van der Waals surface area contributed by atoms with Crippen LogP contribution in [0.1, 0.15) is 28.2 Å². The number of thiophene rings is 1. The third-order valence-corrected chi connectivity index (χ3v) is 5.88. The molecule has 1 amide bonds. The molecule has 0 spiro atoms. The van der Waals surface area contributed by atoms with Crippen molar-refractivity contribution >= 4 is 34.6 Å². The first-order chi connectivity index (χ1) is 13.0. The fourth-order valence-electron chi connectivity index (χ4n) is 3.26. The van der Waals surface area contributed by atoms with Crippen molar-refractivity contribution in [1.29, 1.82) is 5.26 Å². The second kappa shape index (κ2) is 8.66. The predicted molar refractivity (Wildman–Crippen MR) is 104 cm³/mol. The number of aryl methyl sites for hydroxylation is 1. The Bertz CT molecular complexity index is 872. The van der Waals surface area contributed by atoms with E-state index in [0.717, 1.165) is 10.4 Å². The normalized spacial score (nSPS) is 19.1. The van der Waals surface area contributed by atoms with Crippen LogP contribution in [0.2, 0.25) is 5.02 Å². The minimum atomic E-state index is -0.684. The lowest BCUT2D eigenvalue weighted by atomic mass is 10.0. The molecule has 0 bridgehead atoms. The van der Waals surface area contributed by atoms with E-state index in [-0.39, 0.29) is 31.1 Å². The quantitative estimate of drug-likeness (QED) is 0.805. The SMILES string of the molecule is N#Cc1ccc(CC(=O)N2C[C@H](O)C[C@H]2C(=O)CCc2ccc(Cl)cc2)s1. The first kappa shape index (κ1) is 19.6. The van der Waals surface area contributed by atoms with Gasteiger partial charge in [0.15, 0.2) is 5.78 Å². The van der Waals surface area contributed by atoms with Gasteiger partial charge in [0.1, 0.15) is 10.9 Å². The zero-order valence-corrected chi connectivity index (χ0v) is 16.2. The van der Waals surface area contributed by atoms with Crippen molar-refractivity contribution in [1.82, 2.24) is 4.90 Å². The molecule has 1 N–H and O–H groups in total. The van der Waals surface area contributed by atoms with E-state index in [2.05, 4.69) is 6.07 Å². The number of nitrogens with zero attached hydrogens (tertiary/aromatic N) is 2. The Morgan fingerprint density at radius 1 is 1.26 bits per heavy atom. The molecule has 0 saturated carbocycles. The average Bonchev–Trinajstić information content (AvgIpc) is 3.27. The summed E-state index contributed by atoms with van der Waals surface area (Å²) in [6.45, 7) is 0.173. The van der Waals surface area contributed by atoms with E-state index in [4.69, 9.17) is 16.9 Å². The minimum Gasteiger partial charge on any atom is -0.391 e. The Morgan fingerprint density at radius 2 is 2.00 bits per heavy atom. The number of ketones is 1. The number of likely N-dealkylation sites (tertiary alicyclic amines) is 1. The van der Waals surface area contributed by atoms with Crippen molar-refractivity contribution in [2.75, 3.05) is 6.54 Å². The third kappa shape index (κ3) is 4.95. The number of halogens is 1. The summed E-state index contributed by atoms with van der Waals surface area (Å²) in [5.41, 5.74) is 1.01. The maximum atomic E-state index is 12.7. The topological polar surface area (TPSA) is 81.4 Å². The van der Waals surface area contributed by atoms with Crippen molar-refractivity contribution in [3.8, 4) is 6.07 Å². The molecular formula is C20H19ClN2O3S. The van der Waals surface area contributed by atoms with Crippen LogP contribution in [0.5, 0.6) is 0 Å². The lowest BCUT2D eigenvalue weighted by Gasteiger charge is -2.23. The van der Waals surface area contributed by atoms with E-state index in [1.807, 2.05) is 12.1 Å². The largest absolute Gasteiger partial charge is 0.391 e. The molecule has 2 atom stereocenters. The van der Waals surface area contributed by atoms with Crippen molar-refractivity contribution in [2.45, 2.75) is 37.8 Å². The molecule has 0 unspecified atom stereocenters. The van der Waals surface area contributed by atoms with E-state index in [1.165, 1.54) is 16.2 Å². The molecule has 7 heteroatoms. The van der Waals surface area contributed by atoms with Crippen LogP contribution in [0.4, 0.5) is 0 Å². The second-order valence-corrected chi connectivity index (χ2v) is 8.20. The molecule has 0 radical (unpaired) electrons. The average molecular weight is 403 g/mol. The maximum absolute atomic E-state index is 12.7. The monoisotopic (exact) mass is 402 g/mol. The lowest BCUT2D eigenvalue weighted by molar-refractivity contribution is -0.137. The number of carbonyl (C=O) groups is 2. The molecule has 2 aromatic rings. The summed E-state index contributed by atoms with van der Waals surface area (Å²) in [6.07, 6.45) is 0.608. The van der Waals surface area contributed by atoms with Crippen LogP contribution in [0.25, 0.3) is 0 Å². The Balaban J connectivity index is 1.62. The summed E-state index contributed by atoms with van der Waals surface area (Å²) in [6, 6.07) is 12.2. The number of hydrogen-bond donors (Lipinski definition) is 1. The highest BCUT2D eigenvalue weighted by Crippen LogP contribution is 2.24. The Hall–Kier alpha value is -2.20. The van der Waals surface area contributed by atoms with Gasteiger partial charge < -0.3 is 10.0 Å². The zero-order valence-electron chi connectivity index (χ0n) is 14.6. The van der Waals surface area contributed by atoms with Gasteiger partial charge >= 0.3 is 0 Å². The van der Waals surface area contributed by atoms with Crippen molar-refractivity contribution in [3.63, 3.8) is 0 Å². The zero-order chi connectivity index (χ0) is 19.4. The highest BCUT2D eigenvalue weighted by atomic mass is 35.5. The van der Waals surface area contributed by atoms with Gasteiger partial charge in [-0.3, -0.25) is 9.59 Å². The summed E-state index contributed by atoms with van der Waals surface area (Å²) in [7, 11) is 0. The van der Waals surface area contributed by atoms with Gasteiger partial charge in [0, 0.05) is 29.3 Å². The lowest BCUT2D eigenvalue weighted by Crippen LogP contribution is -2.41. The fourth-order valence-corrected chi connectivity index (χ4v) is 4.19. The summed E-state index contributed by atoms with van der Waals surface area (Å²) >= 11 is 7.14. The first-order valence-electron chi connectivity index (χ1n) is 8.70. The van der Waals surface area contributed by atoms with Crippen molar-refractivity contribution in [2.24, 2.45) is 0 Å². The number of benzene rings is 1. The Morgan fingerprint density at radius 3 is 2.67 bits per heavy atom. The number of rotatable bonds is 6. The smallest absolute Gasteiger partial charge is 0.228 e. The number of aliphatic hydroxyl groups is 1. The van der Waals surface area contributed by atoms with E-state index >= 15 is 0 Å². The van der Waals surface area contributed by atoms with E-state index in [1.54, 1.807) is 24.3 Å². The minimum absolute atomic E-state index is 0.0428. The van der Waals surface area contributed by atoms with E-state index < -0.39 is 12.1 Å². The summed E-state index contributed by atoms with van der Waals surface area (Å²) in [4.78, 5) is 28.2. The van der Waals surface area contributed by atoms with Gasteiger partial charge in [-0.25, -0.2) is 0 Å². The van der Waals surface area contributed by atoms with Gasteiger partial charge in [0.05, 0.1) is 18.6 Å². The van der Waals surface area contributed by atoms with Crippen LogP contribution in [0, 0.1) is 11.3 Å². The molecule has 1 aliphatic heterocycles. The summed E-state index contributed by atoms with van der Waals surface area (Å²) < 4.78 is 0. The van der Waals surface area contributed by atoms with E-state index in [9.17, 15) is 14.7 Å².